The lowest BCUT2D eigenvalue weighted by Gasteiger charge is -2.24. The summed E-state index contributed by atoms with van der Waals surface area (Å²) in [5.74, 6) is 0. The second-order valence-corrected chi connectivity index (χ2v) is 3.80. The van der Waals surface area contributed by atoms with Crippen molar-refractivity contribution in [1.82, 2.24) is 0 Å². The molecule has 0 fully saturated rings. The molecule has 0 aliphatic heterocycles. The van der Waals surface area contributed by atoms with Crippen LogP contribution in [0.1, 0.15) is 37.5 Å². The van der Waals surface area contributed by atoms with Crippen LogP contribution in [0.15, 0.2) is 24.3 Å². The first-order valence-corrected chi connectivity index (χ1v) is 5.63. The first-order chi connectivity index (χ1) is 7.20. The van der Waals surface area contributed by atoms with E-state index >= 15 is 0 Å². The normalized spacial score (nSPS) is 14.9. The van der Waals surface area contributed by atoms with Crippen molar-refractivity contribution in [2.45, 2.75) is 39.3 Å². The Balaban J connectivity index is 2.93. The minimum Gasteiger partial charge on any atom is -0.372 e. The SMILES string of the molecule is CCOC(c1ccccc1C)C(N)CC. The zero-order chi connectivity index (χ0) is 11.3. The van der Waals surface area contributed by atoms with Gasteiger partial charge in [-0.1, -0.05) is 31.2 Å². The number of benzene rings is 1. The molecule has 15 heavy (non-hydrogen) atoms. The standard InChI is InChI=1S/C13H21NO/c1-4-12(14)13(15-5-2)11-9-7-6-8-10(11)3/h6-9,12-13H,4-5,14H2,1-3H3. The quantitative estimate of drug-likeness (QED) is 0.805. The summed E-state index contributed by atoms with van der Waals surface area (Å²) in [7, 11) is 0. The van der Waals surface area contributed by atoms with Gasteiger partial charge in [0.15, 0.2) is 0 Å². The Hall–Kier alpha value is -0.860. The molecule has 1 aromatic carbocycles. The Labute approximate surface area is 92.4 Å². The number of nitrogens with two attached hydrogens (primary N) is 1. The van der Waals surface area contributed by atoms with Crippen molar-refractivity contribution in [2.75, 3.05) is 6.61 Å². The smallest absolute Gasteiger partial charge is 0.0977 e. The van der Waals surface area contributed by atoms with Crippen LogP contribution in [0.3, 0.4) is 0 Å². The third-order valence-corrected chi connectivity index (χ3v) is 2.70. The van der Waals surface area contributed by atoms with E-state index in [4.69, 9.17) is 10.5 Å². The number of rotatable bonds is 5. The van der Waals surface area contributed by atoms with Crippen LogP contribution in [0.25, 0.3) is 0 Å². The fourth-order valence-corrected chi connectivity index (χ4v) is 1.74. The van der Waals surface area contributed by atoms with Crippen molar-refractivity contribution < 1.29 is 4.74 Å². The topological polar surface area (TPSA) is 35.2 Å². The van der Waals surface area contributed by atoms with Gasteiger partial charge in [-0.3, -0.25) is 0 Å². The highest BCUT2D eigenvalue weighted by Gasteiger charge is 2.19. The van der Waals surface area contributed by atoms with Crippen molar-refractivity contribution in [3.8, 4) is 0 Å². The molecular formula is C13H21NO. The summed E-state index contributed by atoms with van der Waals surface area (Å²) in [5.41, 5.74) is 8.55. The van der Waals surface area contributed by atoms with Crippen LogP contribution >= 0.6 is 0 Å². The van der Waals surface area contributed by atoms with E-state index in [9.17, 15) is 0 Å². The predicted molar refractivity (Wildman–Crippen MR) is 63.8 cm³/mol. The van der Waals surface area contributed by atoms with Crippen LogP contribution in [-0.2, 0) is 4.74 Å². The first-order valence-electron chi connectivity index (χ1n) is 5.63. The van der Waals surface area contributed by atoms with Crippen LogP contribution in [0.4, 0.5) is 0 Å². The van der Waals surface area contributed by atoms with Gasteiger partial charge in [0.25, 0.3) is 0 Å². The second kappa shape index (κ2) is 5.89. The van der Waals surface area contributed by atoms with Gasteiger partial charge in [-0.15, -0.1) is 0 Å². The molecule has 0 saturated carbocycles. The number of hydrogen-bond donors (Lipinski definition) is 1. The van der Waals surface area contributed by atoms with Crippen molar-refractivity contribution in [2.24, 2.45) is 5.73 Å². The molecular weight excluding hydrogens is 186 g/mol. The predicted octanol–water partition coefficient (Wildman–Crippen LogP) is 2.81. The molecule has 2 atom stereocenters. The molecule has 2 unspecified atom stereocenters. The van der Waals surface area contributed by atoms with Crippen LogP contribution < -0.4 is 5.73 Å². The van der Waals surface area contributed by atoms with E-state index in [1.165, 1.54) is 11.1 Å². The van der Waals surface area contributed by atoms with E-state index in [1.54, 1.807) is 0 Å². The Morgan fingerprint density at radius 1 is 1.27 bits per heavy atom. The van der Waals surface area contributed by atoms with E-state index in [-0.39, 0.29) is 12.1 Å². The fraction of sp³-hybridized carbons (Fsp3) is 0.538. The highest BCUT2D eigenvalue weighted by Crippen LogP contribution is 2.24. The van der Waals surface area contributed by atoms with Crippen LogP contribution in [0.2, 0.25) is 0 Å². The minimum absolute atomic E-state index is 0.0289. The van der Waals surface area contributed by atoms with E-state index in [1.807, 2.05) is 19.1 Å². The van der Waals surface area contributed by atoms with Gasteiger partial charge in [-0.2, -0.15) is 0 Å². The third-order valence-electron chi connectivity index (χ3n) is 2.70. The lowest BCUT2D eigenvalue weighted by molar-refractivity contribution is 0.0420. The van der Waals surface area contributed by atoms with Gasteiger partial charge in [-0.05, 0) is 31.4 Å². The Morgan fingerprint density at radius 3 is 2.47 bits per heavy atom. The molecule has 0 heterocycles. The number of ether oxygens (including phenoxy) is 1. The van der Waals surface area contributed by atoms with E-state index < -0.39 is 0 Å². The second-order valence-electron chi connectivity index (χ2n) is 3.80. The summed E-state index contributed by atoms with van der Waals surface area (Å²) in [6, 6.07) is 8.36. The molecule has 0 saturated heterocycles. The van der Waals surface area contributed by atoms with Gasteiger partial charge >= 0.3 is 0 Å². The van der Waals surface area contributed by atoms with Crippen LogP contribution in [0, 0.1) is 6.92 Å². The van der Waals surface area contributed by atoms with Gasteiger partial charge < -0.3 is 10.5 Å². The lowest BCUT2D eigenvalue weighted by Crippen LogP contribution is -2.30. The highest BCUT2D eigenvalue weighted by molar-refractivity contribution is 5.28. The maximum atomic E-state index is 6.08. The Morgan fingerprint density at radius 2 is 1.93 bits per heavy atom. The molecule has 0 spiro atoms. The van der Waals surface area contributed by atoms with Crippen LogP contribution in [0.5, 0.6) is 0 Å². The summed E-state index contributed by atoms with van der Waals surface area (Å²) in [5, 5.41) is 0. The van der Waals surface area contributed by atoms with E-state index in [0.29, 0.717) is 6.61 Å². The highest BCUT2D eigenvalue weighted by atomic mass is 16.5. The van der Waals surface area contributed by atoms with Gasteiger partial charge in [-0.25, -0.2) is 0 Å². The zero-order valence-electron chi connectivity index (χ0n) is 9.86. The molecule has 2 N–H and O–H groups in total. The molecule has 0 aliphatic rings. The van der Waals surface area contributed by atoms with Gasteiger partial charge in [0.1, 0.15) is 0 Å². The lowest BCUT2D eigenvalue weighted by atomic mass is 9.97. The summed E-state index contributed by atoms with van der Waals surface area (Å²) < 4.78 is 5.74. The summed E-state index contributed by atoms with van der Waals surface area (Å²) in [6.45, 7) is 6.90. The Bertz CT molecular complexity index is 298. The van der Waals surface area contributed by atoms with Crippen molar-refractivity contribution in [1.29, 1.82) is 0 Å². The van der Waals surface area contributed by atoms with Gasteiger partial charge in [0, 0.05) is 12.6 Å². The molecule has 84 valence electrons. The number of aryl methyl sites for hydroxylation is 1. The van der Waals surface area contributed by atoms with Crippen molar-refractivity contribution in [3.05, 3.63) is 35.4 Å². The molecule has 0 bridgehead atoms. The molecule has 1 aromatic rings. The zero-order valence-corrected chi connectivity index (χ0v) is 9.86. The minimum atomic E-state index is 0.0289. The third kappa shape index (κ3) is 3.05. The largest absolute Gasteiger partial charge is 0.372 e. The molecule has 0 amide bonds. The number of hydrogen-bond acceptors (Lipinski definition) is 2. The van der Waals surface area contributed by atoms with Crippen LogP contribution in [-0.4, -0.2) is 12.6 Å². The van der Waals surface area contributed by atoms with Gasteiger partial charge in [0.2, 0.25) is 0 Å². The Kier molecular flexibility index (Phi) is 4.79. The molecule has 0 aromatic heterocycles. The maximum Gasteiger partial charge on any atom is 0.0977 e. The van der Waals surface area contributed by atoms with Crippen molar-refractivity contribution >= 4 is 0 Å². The molecule has 2 heteroatoms. The molecule has 0 aliphatic carbocycles. The maximum absolute atomic E-state index is 6.08. The van der Waals surface area contributed by atoms with Crippen molar-refractivity contribution in [3.63, 3.8) is 0 Å². The molecule has 2 nitrogen and oxygen atoms in total. The average Bonchev–Trinajstić information content (AvgIpc) is 2.26. The molecule has 0 radical (unpaired) electrons. The molecule has 1 rings (SSSR count). The fourth-order valence-electron chi connectivity index (χ4n) is 1.74. The van der Waals surface area contributed by atoms with E-state index in [0.717, 1.165) is 6.42 Å². The summed E-state index contributed by atoms with van der Waals surface area (Å²) in [6.07, 6.45) is 0.958. The van der Waals surface area contributed by atoms with Gasteiger partial charge in [0.05, 0.1) is 6.10 Å². The summed E-state index contributed by atoms with van der Waals surface area (Å²) in [4.78, 5) is 0. The first kappa shape index (κ1) is 12.2. The summed E-state index contributed by atoms with van der Waals surface area (Å²) >= 11 is 0. The van der Waals surface area contributed by atoms with E-state index in [2.05, 4.69) is 26.0 Å². The average molecular weight is 207 g/mol. The monoisotopic (exact) mass is 207 g/mol.